The zero-order valence-electron chi connectivity index (χ0n) is 14.0. The van der Waals surface area contributed by atoms with Crippen LogP contribution in [0.5, 0.6) is 0 Å². The van der Waals surface area contributed by atoms with Crippen LogP contribution in [0.4, 0.5) is 0 Å². The molecule has 1 aromatic rings. The predicted molar refractivity (Wildman–Crippen MR) is 90.1 cm³/mol. The van der Waals surface area contributed by atoms with E-state index in [1.54, 1.807) is 0 Å². The van der Waals surface area contributed by atoms with Crippen molar-refractivity contribution in [1.29, 1.82) is 0 Å². The molecule has 1 aliphatic heterocycles. The van der Waals surface area contributed by atoms with Crippen LogP contribution in [0.1, 0.15) is 51.5 Å². The van der Waals surface area contributed by atoms with Gasteiger partial charge in [0.05, 0.1) is 6.10 Å². The molecule has 3 rings (SSSR count). The van der Waals surface area contributed by atoms with Crippen LogP contribution in [0.2, 0.25) is 0 Å². The number of piperidine rings is 1. The van der Waals surface area contributed by atoms with E-state index in [2.05, 4.69) is 10.2 Å². The molecule has 2 fully saturated rings. The summed E-state index contributed by atoms with van der Waals surface area (Å²) < 4.78 is 1.93. The standard InChI is InChI=1S/C18H29N3O2/c1-14(20-10-4-5-11-20)18(23)19-15-8-12-21(13-9-15)16-6-2-3-7-17(16)22/h4-5,10-11,14-17,22H,2-3,6-9,12-13H2,1H3,(H,19,23). The van der Waals surface area contributed by atoms with Gasteiger partial charge in [0.15, 0.2) is 0 Å². The third-order valence-corrected chi connectivity index (χ3v) is 5.49. The lowest BCUT2D eigenvalue weighted by atomic mass is 9.89. The third kappa shape index (κ3) is 3.96. The fraction of sp³-hybridized carbons (Fsp3) is 0.722. The molecule has 0 bridgehead atoms. The van der Waals surface area contributed by atoms with Gasteiger partial charge >= 0.3 is 0 Å². The van der Waals surface area contributed by atoms with Crippen molar-refractivity contribution in [3.05, 3.63) is 24.5 Å². The van der Waals surface area contributed by atoms with Gasteiger partial charge in [0.25, 0.3) is 0 Å². The minimum absolute atomic E-state index is 0.0948. The second kappa shape index (κ2) is 7.49. The first kappa shape index (κ1) is 16.5. The van der Waals surface area contributed by atoms with Gasteiger partial charge < -0.3 is 15.0 Å². The fourth-order valence-electron chi connectivity index (χ4n) is 3.96. The maximum Gasteiger partial charge on any atom is 0.242 e. The van der Waals surface area contributed by atoms with E-state index in [9.17, 15) is 9.90 Å². The quantitative estimate of drug-likeness (QED) is 0.891. The molecule has 5 heteroatoms. The van der Waals surface area contributed by atoms with Gasteiger partial charge in [0, 0.05) is 37.6 Å². The van der Waals surface area contributed by atoms with Gasteiger partial charge in [-0.15, -0.1) is 0 Å². The molecule has 0 spiro atoms. The highest BCUT2D eigenvalue weighted by molar-refractivity contribution is 5.80. The summed E-state index contributed by atoms with van der Waals surface area (Å²) in [6, 6.07) is 4.31. The minimum Gasteiger partial charge on any atom is -0.391 e. The van der Waals surface area contributed by atoms with Crippen LogP contribution in [0.15, 0.2) is 24.5 Å². The zero-order valence-corrected chi connectivity index (χ0v) is 14.0. The summed E-state index contributed by atoms with van der Waals surface area (Å²) in [4.78, 5) is 14.8. The fourth-order valence-corrected chi connectivity index (χ4v) is 3.96. The van der Waals surface area contributed by atoms with Crippen molar-refractivity contribution in [3.63, 3.8) is 0 Å². The number of rotatable bonds is 4. The highest BCUT2D eigenvalue weighted by Crippen LogP contribution is 2.26. The number of aliphatic hydroxyl groups excluding tert-OH is 1. The summed E-state index contributed by atoms with van der Waals surface area (Å²) in [5, 5.41) is 13.4. The smallest absolute Gasteiger partial charge is 0.242 e. The molecule has 1 amide bonds. The van der Waals surface area contributed by atoms with Crippen molar-refractivity contribution in [1.82, 2.24) is 14.8 Å². The number of likely N-dealkylation sites (tertiary alicyclic amines) is 1. The van der Waals surface area contributed by atoms with Gasteiger partial charge in [-0.25, -0.2) is 0 Å². The van der Waals surface area contributed by atoms with E-state index in [0.717, 1.165) is 45.2 Å². The Morgan fingerprint density at radius 2 is 1.78 bits per heavy atom. The summed E-state index contributed by atoms with van der Waals surface area (Å²) in [5.74, 6) is 0.0948. The molecule has 3 atom stereocenters. The third-order valence-electron chi connectivity index (χ3n) is 5.49. The molecule has 2 N–H and O–H groups in total. The predicted octanol–water partition coefficient (Wildman–Crippen LogP) is 1.93. The molecule has 1 saturated carbocycles. The van der Waals surface area contributed by atoms with Crippen LogP contribution < -0.4 is 5.32 Å². The molecule has 128 valence electrons. The largest absolute Gasteiger partial charge is 0.391 e. The van der Waals surface area contributed by atoms with E-state index in [1.165, 1.54) is 6.42 Å². The molecule has 0 aromatic carbocycles. The maximum absolute atomic E-state index is 12.4. The molecule has 3 unspecified atom stereocenters. The molecular formula is C18H29N3O2. The maximum atomic E-state index is 12.4. The van der Waals surface area contributed by atoms with Crippen molar-refractivity contribution < 1.29 is 9.90 Å². The number of carbonyl (C=O) groups is 1. The molecule has 1 saturated heterocycles. The van der Waals surface area contributed by atoms with Crippen LogP contribution in [-0.4, -0.2) is 51.8 Å². The number of aromatic nitrogens is 1. The Hall–Kier alpha value is -1.33. The molecule has 1 aliphatic carbocycles. The van der Waals surface area contributed by atoms with Crippen molar-refractivity contribution in [3.8, 4) is 0 Å². The average molecular weight is 319 g/mol. The van der Waals surface area contributed by atoms with Crippen molar-refractivity contribution in [2.45, 2.75) is 69.7 Å². The summed E-state index contributed by atoms with van der Waals surface area (Å²) in [5.41, 5.74) is 0. The summed E-state index contributed by atoms with van der Waals surface area (Å²) in [6.07, 6.45) is 10.1. The molecule has 2 aliphatic rings. The Labute approximate surface area is 138 Å². The summed E-state index contributed by atoms with van der Waals surface area (Å²) >= 11 is 0. The highest BCUT2D eigenvalue weighted by atomic mass is 16.3. The lowest BCUT2D eigenvalue weighted by Crippen LogP contribution is -2.52. The van der Waals surface area contributed by atoms with Crippen LogP contribution in [-0.2, 0) is 4.79 Å². The number of nitrogens with one attached hydrogen (secondary N) is 1. The first-order valence-corrected chi connectivity index (χ1v) is 9.00. The van der Waals surface area contributed by atoms with Crippen LogP contribution in [0.25, 0.3) is 0 Å². The molecule has 23 heavy (non-hydrogen) atoms. The van der Waals surface area contributed by atoms with Gasteiger partial charge in [-0.1, -0.05) is 12.8 Å². The molecule has 1 aromatic heterocycles. The number of hydrogen-bond acceptors (Lipinski definition) is 3. The van der Waals surface area contributed by atoms with E-state index < -0.39 is 0 Å². The van der Waals surface area contributed by atoms with Crippen molar-refractivity contribution in [2.24, 2.45) is 0 Å². The van der Waals surface area contributed by atoms with E-state index in [4.69, 9.17) is 0 Å². The molecule has 5 nitrogen and oxygen atoms in total. The van der Waals surface area contributed by atoms with Crippen molar-refractivity contribution in [2.75, 3.05) is 13.1 Å². The first-order valence-electron chi connectivity index (χ1n) is 9.00. The van der Waals surface area contributed by atoms with Crippen LogP contribution in [0, 0.1) is 0 Å². The van der Waals surface area contributed by atoms with E-state index >= 15 is 0 Å². The minimum atomic E-state index is -0.164. The number of nitrogens with zero attached hydrogens (tertiary/aromatic N) is 2. The summed E-state index contributed by atoms with van der Waals surface area (Å²) in [7, 11) is 0. The lowest BCUT2D eigenvalue weighted by Gasteiger charge is -2.41. The van der Waals surface area contributed by atoms with Gasteiger partial charge in [-0.3, -0.25) is 9.69 Å². The van der Waals surface area contributed by atoms with Crippen LogP contribution >= 0.6 is 0 Å². The second-order valence-corrected chi connectivity index (χ2v) is 7.04. The Balaban J connectivity index is 1.46. The number of aliphatic hydroxyl groups is 1. The Morgan fingerprint density at radius 1 is 1.13 bits per heavy atom. The first-order chi connectivity index (χ1) is 11.1. The summed E-state index contributed by atoms with van der Waals surface area (Å²) in [6.45, 7) is 3.89. The Morgan fingerprint density at radius 3 is 2.43 bits per heavy atom. The zero-order chi connectivity index (χ0) is 16.2. The Kier molecular flexibility index (Phi) is 5.38. The van der Waals surface area contributed by atoms with E-state index in [0.29, 0.717) is 6.04 Å². The molecule has 0 radical (unpaired) electrons. The monoisotopic (exact) mass is 319 g/mol. The van der Waals surface area contributed by atoms with Gasteiger partial charge in [0.1, 0.15) is 6.04 Å². The highest BCUT2D eigenvalue weighted by Gasteiger charge is 2.32. The number of amides is 1. The lowest BCUT2D eigenvalue weighted by molar-refractivity contribution is -0.125. The Bertz CT molecular complexity index is 494. The number of hydrogen-bond donors (Lipinski definition) is 2. The van der Waals surface area contributed by atoms with E-state index in [-0.39, 0.29) is 24.1 Å². The van der Waals surface area contributed by atoms with Gasteiger partial charge in [-0.05, 0) is 44.7 Å². The van der Waals surface area contributed by atoms with Crippen LogP contribution in [0.3, 0.4) is 0 Å². The molecular weight excluding hydrogens is 290 g/mol. The van der Waals surface area contributed by atoms with Gasteiger partial charge in [-0.2, -0.15) is 0 Å². The SMILES string of the molecule is CC(C(=O)NC1CCN(C2CCCCC2O)CC1)n1cccc1. The molecule has 2 heterocycles. The van der Waals surface area contributed by atoms with E-state index in [1.807, 2.05) is 36.0 Å². The average Bonchev–Trinajstić information content (AvgIpc) is 3.10. The topological polar surface area (TPSA) is 57.5 Å². The van der Waals surface area contributed by atoms with Gasteiger partial charge in [0.2, 0.25) is 5.91 Å². The normalized spacial score (nSPS) is 28.4. The van der Waals surface area contributed by atoms with Crippen molar-refractivity contribution >= 4 is 5.91 Å². The second-order valence-electron chi connectivity index (χ2n) is 7.04. The number of carbonyl (C=O) groups excluding carboxylic acids is 1.